The highest BCUT2D eigenvalue weighted by Crippen LogP contribution is 2.34. The van der Waals surface area contributed by atoms with Crippen molar-refractivity contribution in [3.8, 4) is 0 Å². The summed E-state index contributed by atoms with van der Waals surface area (Å²) in [4.78, 5) is 0. The van der Waals surface area contributed by atoms with Gasteiger partial charge in [0.25, 0.3) is 0 Å². The van der Waals surface area contributed by atoms with Crippen molar-refractivity contribution in [2.24, 2.45) is 5.92 Å². The normalized spacial score (nSPS) is 19.5. The lowest BCUT2D eigenvalue weighted by atomic mass is 10.1. The van der Waals surface area contributed by atoms with Crippen molar-refractivity contribution in [3.63, 3.8) is 0 Å². The monoisotopic (exact) mass is 154 g/mol. The molecular weight excluding hydrogens is 136 g/mol. The highest BCUT2D eigenvalue weighted by Gasteiger charge is 2.28. The Labute approximate surface area is 69.1 Å². The van der Waals surface area contributed by atoms with Crippen molar-refractivity contribution in [1.29, 1.82) is 0 Å². The summed E-state index contributed by atoms with van der Waals surface area (Å²) in [6, 6.07) is 0. The quantitative estimate of drug-likeness (QED) is 0.617. The zero-order valence-corrected chi connectivity index (χ0v) is 7.51. The van der Waals surface area contributed by atoms with Gasteiger partial charge >= 0.3 is 0 Å². The molecule has 1 aliphatic carbocycles. The lowest BCUT2D eigenvalue weighted by molar-refractivity contribution is 0.142. The molecule has 0 spiro atoms. The van der Waals surface area contributed by atoms with Crippen molar-refractivity contribution < 1.29 is 5.11 Å². The van der Waals surface area contributed by atoms with E-state index in [9.17, 15) is 5.11 Å². The fourth-order valence-corrected chi connectivity index (χ4v) is 1.26. The molecule has 1 atom stereocenters. The summed E-state index contributed by atoms with van der Waals surface area (Å²) in [5, 5.41) is 9.47. The Bertz CT molecular complexity index is 141. The Morgan fingerprint density at radius 1 is 1.55 bits per heavy atom. The highest BCUT2D eigenvalue weighted by atomic mass is 16.3. The third-order valence-electron chi connectivity index (χ3n) is 2.18. The number of rotatable bonds is 4. The van der Waals surface area contributed by atoms with Gasteiger partial charge in [0.1, 0.15) is 0 Å². The van der Waals surface area contributed by atoms with E-state index in [2.05, 4.69) is 19.9 Å². The van der Waals surface area contributed by atoms with Gasteiger partial charge in [-0.05, 0) is 45.4 Å². The van der Waals surface area contributed by atoms with Crippen LogP contribution in [0.1, 0.15) is 39.5 Å². The van der Waals surface area contributed by atoms with Gasteiger partial charge in [-0.15, -0.1) is 0 Å². The van der Waals surface area contributed by atoms with Crippen LogP contribution in [-0.2, 0) is 0 Å². The molecule has 0 bridgehead atoms. The Morgan fingerprint density at radius 3 is 2.64 bits per heavy atom. The van der Waals surface area contributed by atoms with E-state index in [-0.39, 0.29) is 6.10 Å². The van der Waals surface area contributed by atoms with Gasteiger partial charge in [0.15, 0.2) is 0 Å². The van der Waals surface area contributed by atoms with Crippen LogP contribution < -0.4 is 0 Å². The number of hydrogen-bond acceptors (Lipinski definition) is 1. The molecule has 0 aromatic carbocycles. The van der Waals surface area contributed by atoms with Crippen molar-refractivity contribution in [3.05, 3.63) is 11.6 Å². The number of allylic oxidation sites excluding steroid dienone is 2. The largest absolute Gasteiger partial charge is 0.393 e. The molecule has 0 aromatic rings. The molecular formula is C10H18O. The van der Waals surface area contributed by atoms with Gasteiger partial charge in [0.2, 0.25) is 0 Å². The van der Waals surface area contributed by atoms with Gasteiger partial charge in [-0.2, -0.15) is 0 Å². The molecule has 1 N–H and O–H groups in total. The molecule has 0 radical (unpaired) electrons. The van der Waals surface area contributed by atoms with Crippen molar-refractivity contribution in [2.75, 3.05) is 0 Å². The second kappa shape index (κ2) is 3.91. The molecule has 64 valence electrons. The average Bonchev–Trinajstić information content (AvgIpc) is 2.66. The fraction of sp³-hybridized carbons (Fsp3) is 0.800. The fourth-order valence-electron chi connectivity index (χ4n) is 1.26. The zero-order valence-electron chi connectivity index (χ0n) is 7.51. The average molecular weight is 154 g/mol. The summed E-state index contributed by atoms with van der Waals surface area (Å²) < 4.78 is 0. The minimum absolute atomic E-state index is 0.0226. The Kier molecular flexibility index (Phi) is 3.13. The Hall–Kier alpha value is -0.300. The Morgan fingerprint density at radius 2 is 2.18 bits per heavy atom. The maximum absolute atomic E-state index is 9.47. The van der Waals surface area contributed by atoms with E-state index in [0.717, 1.165) is 12.8 Å². The highest BCUT2D eigenvalue weighted by molar-refractivity contribution is 4.93. The van der Waals surface area contributed by atoms with Gasteiger partial charge in [-0.3, -0.25) is 0 Å². The predicted molar refractivity (Wildman–Crippen MR) is 47.4 cm³/mol. The van der Waals surface area contributed by atoms with E-state index in [1.165, 1.54) is 18.4 Å². The molecule has 11 heavy (non-hydrogen) atoms. The molecule has 0 amide bonds. The minimum atomic E-state index is -0.0226. The van der Waals surface area contributed by atoms with Gasteiger partial charge in [0.05, 0.1) is 6.10 Å². The van der Waals surface area contributed by atoms with Gasteiger partial charge in [-0.25, -0.2) is 0 Å². The van der Waals surface area contributed by atoms with E-state index in [1.54, 1.807) is 0 Å². The van der Waals surface area contributed by atoms with Crippen LogP contribution in [0.2, 0.25) is 0 Å². The molecule has 0 saturated heterocycles. The SMILES string of the molecule is CC(C)=CCCC(O)C1CC1. The van der Waals surface area contributed by atoms with Crippen LogP contribution in [0.5, 0.6) is 0 Å². The first kappa shape index (κ1) is 8.79. The molecule has 1 fully saturated rings. The Balaban J connectivity index is 2.06. The van der Waals surface area contributed by atoms with Crippen molar-refractivity contribution in [1.82, 2.24) is 0 Å². The van der Waals surface area contributed by atoms with Crippen LogP contribution in [0.3, 0.4) is 0 Å². The zero-order chi connectivity index (χ0) is 8.27. The van der Waals surface area contributed by atoms with E-state index in [0.29, 0.717) is 5.92 Å². The first-order valence-corrected chi connectivity index (χ1v) is 4.51. The summed E-state index contributed by atoms with van der Waals surface area (Å²) in [6.45, 7) is 4.20. The topological polar surface area (TPSA) is 20.2 Å². The smallest absolute Gasteiger partial charge is 0.0571 e. The van der Waals surface area contributed by atoms with Crippen LogP contribution in [-0.4, -0.2) is 11.2 Å². The van der Waals surface area contributed by atoms with E-state index in [1.807, 2.05) is 0 Å². The first-order valence-electron chi connectivity index (χ1n) is 4.51. The summed E-state index contributed by atoms with van der Waals surface area (Å²) in [5.41, 5.74) is 1.35. The van der Waals surface area contributed by atoms with Crippen LogP contribution in [0.4, 0.5) is 0 Å². The predicted octanol–water partition coefficient (Wildman–Crippen LogP) is 2.50. The molecule has 1 heteroatoms. The summed E-state index contributed by atoms with van der Waals surface area (Å²) >= 11 is 0. The van der Waals surface area contributed by atoms with E-state index < -0.39 is 0 Å². The molecule has 1 unspecified atom stereocenters. The molecule has 0 aromatic heterocycles. The minimum Gasteiger partial charge on any atom is -0.393 e. The van der Waals surface area contributed by atoms with Crippen LogP contribution in [0.15, 0.2) is 11.6 Å². The van der Waals surface area contributed by atoms with Crippen LogP contribution in [0, 0.1) is 5.92 Å². The molecule has 0 heterocycles. The summed E-state index contributed by atoms with van der Waals surface area (Å²) in [5.74, 6) is 0.639. The standard InChI is InChI=1S/C10H18O/c1-8(2)4-3-5-10(11)9-6-7-9/h4,9-11H,3,5-7H2,1-2H3. The van der Waals surface area contributed by atoms with Crippen LogP contribution in [0.25, 0.3) is 0 Å². The van der Waals surface area contributed by atoms with Crippen molar-refractivity contribution >= 4 is 0 Å². The number of hydrogen-bond donors (Lipinski definition) is 1. The molecule has 1 nitrogen and oxygen atoms in total. The summed E-state index contributed by atoms with van der Waals surface area (Å²) in [6.07, 6.45) is 6.67. The second-order valence-electron chi connectivity index (χ2n) is 3.76. The summed E-state index contributed by atoms with van der Waals surface area (Å²) in [7, 11) is 0. The lowest BCUT2D eigenvalue weighted by Crippen LogP contribution is -2.07. The van der Waals surface area contributed by atoms with Gasteiger partial charge in [-0.1, -0.05) is 11.6 Å². The maximum atomic E-state index is 9.47. The molecule has 1 rings (SSSR count). The second-order valence-corrected chi connectivity index (χ2v) is 3.76. The third kappa shape index (κ3) is 3.57. The number of aliphatic hydroxyl groups is 1. The van der Waals surface area contributed by atoms with Gasteiger partial charge in [0, 0.05) is 0 Å². The molecule has 0 aliphatic heterocycles. The molecule has 1 aliphatic rings. The van der Waals surface area contributed by atoms with E-state index in [4.69, 9.17) is 0 Å². The van der Waals surface area contributed by atoms with Gasteiger partial charge < -0.3 is 5.11 Å². The van der Waals surface area contributed by atoms with E-state index >= 15 is 0 Å². The number of aliphatic hydroxyl groups excluding tert-OH is 1. The first-order chi connectivity index (χ1) is 5.20. The van der Waals surface area contributed by atoms with Crippen molar-refractivity contribution in [2.45, 2.75) is 45.6 Å². The molecule has 1 saturated carbocycles. The third-order valence-corrected chi connectivity index (χ3v) is 2.18. The lowest BCUT2D eigenvalue weighted by Gasteiger charge is -2.05. The maximum Gasteiger partial charge on any atom is 0.0571 e. The van der Waals surface area contributed by atoms with Crippen LogP contribution >= 0.6 is 0 Å².